The van der Waals surface area contributed by atoms with Crippen LogP contribution >= 0.6 is 0 Å². The molecule has 3 aromatic rings. The van der Waals surface area contributed by atoms with Crippen molar-refractivity contribution in [2.45, 2.75) is 12.7 Å². The van der Waals surface area contributed by atoms with Gasteiger partial charge < -0.3 is 10.6 Å². The first kappa shape index (κ1) is 17.5. The van der Waals surface area contributed by atoms with Gasteiger partial charge in [-0.05, 0) is 35.9 Å². The maximum atomic E-state index is 12.9. The van der Waals surface area contributed by atoms with Gasteiger partial charge in [-0.25, -0.2) is 14.5 Å². The lowest BCUT2D eigenvalue weighted by molar-refractivity contribution is -0.138. The summed E-state index contributed by atoms with van der Waals surface area (Å²) in [7, 11) is 0. The smallest absolute Gasteiger partial charge is 0.334 e. The van der Waals surface area contributed by atoms with Crippen molar-refractivity contribution in [3.05, 3.63) is 72.3 Å². The lowest BCUT2D eigenvalue weighted by Crippen LogP contribution is -2.29. The van der Waals surface area contributed by atoms with E-state index < -0.39 is 17.8 Å². The molecule has 9 heteroatoms. The number of benzene rings is 2. The molecule has 0 aliphatic rings. The first-order chi connectivity index (χ1) is 12.4. The van der Waals surface area contributed by atoms with Crippen LogP contribution in [0.4, 0.5) is 23.7 Å². The SMILES string of the molecule is O=C(NCc1ccccc1C(F)(F)F)Nc1ccc(-n2cncn2)cc1. The lowest BCUT2D eigenvalue weighted by atomic mass is 10.1. The second-order valence-electron chi connectivity index (χ2n) is 5.35. The van der Waals surface area contributed by atoms with E-state index in [0.717, 1.165) is 11.8 Å². The molecule has 0 aliphatic heterocycles. The normalized spacial score (nSPS) is 11.2. The number of alkyl halides is 3. The van der Waals surface area contributed by atoms with Crippen LogP contribution in [0, 0.1) is 0 Å². The van der Waals surface area contributed by atoms with E-state index in [1.54, 1.807) is 28.9 Å². The monoisotopic (exact) mass is 361 g/mol. The lowest BCUT2D eigenvalue weighted by Gasteiger charge is -2.13. The van der Waals surface area contributed by atoms with Gasteiger partial charge in [0.25, 0.3) is 0 Å². The molecule has 26 heavy (non-hydrogen) atoms. The number of hydrogen-bond acceptors (Lipinski definition) is 3. The fraction of sp³-hybridized carbons (Fsp3) is 0.118. The van der Waals surface area contributed by atoms with Gasteiger partial charge in [0.1, 0.15) is 12.7 Å². The highest BCUT2D eigenvalue weighted by Crippen LogP contribution is 2.31. The fourth-order valence-electron chi connectivity index (χ4n) is 2.34. The molecule has 1 heterocycles. The van der Waals surface area contributed by atoms with Crippen molar-refractivity contribution in [1.82, 2.24) is 20.1 Å². The number of carbonyl (C=O) groups excluding carboxylic acids is 1. The number of urea groups is 1. The highest BCUT2D eigenvalue weighted by atomic mass is 19.4. The molecule has 0 spiro atoms. The van der Waals surface area contributed by atoms with Gasteiger partial charge in [-0.15, -0.1) is 0 Å². The summed E-state index contributed by atoms with van der Waals surface area (Å²) in [6, 6.07) is 11.3. The largest absolute Gasteiger partial charge is 0.416 e. The molecule has 2 N–H and O–H groups in total. The van der Waals surface area contributed by atoms with Crippen molar-refractivity contribution in [2.75, 3.05) is 5.32 Å². The van der Waals surface area contributed by atoms with Gasteiger partial charge in [0.15, 0.2) is 0 Å². The number of anilines is 1. The van der Waals surface area contributed by atoms with Crippen molar-refractivity contribution in [3.63, 3.8) is 0 Å². The van der Waals surface area contributed by atoms with Gasteiger partial charge in [-0.1, -0.05) is 18.2 Å². The van der Waals surface area contributed by atoms with E-state index in [1.165, 1.54) is 30.9 Å². The summed E-state index contributed by atoms with van der Waals surface area (Å²) in [5, 5.41) is 8.97. The van der Waals surface area contributed by atoms with Crippen molar-refractivity contribution in [2.24, 2.45) is 0 Å². The minimum atomic E-state index is -4.47. The van der Waals surface area contributed by atoms with Crippen LogP contribution in [0.25, 0.3) is 5.69 Å². The molecule has 0 bridgehead atoms. The predicted molar refractivity (Wildman–Crippen MR) is 88.7 cm³/mol. The minimum absolute atomic E-state index is 0.00307. The maximum absolute atomic E-state index is 12.9. The standard InChI is InChI=1S/C17H14F3N5O/c18-17(19,20)15-4-2-1-3-12(15)9-22-16(26)24-13-5-7-14(8-6-13)25-11-21-10-23-25/h1-8,10-11H,9H2,(H2,22,24,26). The number of hydrogen-bond donors (Lipinski definition) is 2. The summed E-state index contributed by atoms with van der Waals surface area (Å²) in [6.45, 7) is -0.238. The van der Waals surface area contributed by atoms with Crippen LogP contribution in [-0.2, 0) is 12.7 Å². The van der Waals surface area contributed by atoms with Crippen molar-refractivity contribution in [3.8, 4) is 5.69 Å². The van der Waals surface area contributed by atoms with E-state index in [9.17, 15) is 18.0 Å². The summed E-state index contributed by atoms with van der Waals surface area (Å²) in [4.78, 5) is 15.8. The van der Waals surface area contributed by atoms with Crippen molar-refractivity contribution >= 4 is 11.7 Å². The Morgan fingerprint density at radius 2 is 1.81 bits per heavy atom. The van der Waals surface area contributed by atoms with Crippen LogP contribution in [0.15, 0.2) is 61.2 Å². The number of halogens is 3. The molecule has 2 amide bonds. The molecule has 2 aromatic carbocycles. The molecular weight excluding hydrogens is 347 g/mol. The van der Waals surface area contributed by atoms with Gasteiger partial charge >= 0.3 is 12.2 Å². The van der Waals surface area contributed by atoms with Gasteiger partial charge in [0.05, 0.1) is 11.3 Å². The number of carbonyl (C=O) groups is 1. The first-order valence-corrected chi connectivity index (χ1v) is 7.58. The van der Waals surface area contributed by atoms with E-state index in [1.807, 2.05) is 0 Å². The summed E-state index contributed by atoms with van der Waals surface area (Å²) >= 11 is 0. The van der Waals surface area contributed by atoms with Crippen LogP contribution < -0.4 is 10.6 Å². The van der Waals surface area contributed by atoms with Crippen LogP contribution in [-0.4, -0.2) is 20.8 Å². The number of aromatic nitrogens is 3. The van der Waals surface area contributed by atoms with E-state index in [2.05, 4.69) is 20.7 Å². The first-order valence-electron chi connectivity index (χ1n) is 7.58. The van der Waals surface area contributed by atoms with Crippen LogP contribution in [0.3, 0.4) is 0 Å². The Bertz CT molecular complexity index is 876. The number of amides is 2. The Hall–Kier alpha value is -3.36. The Morgan fingerprint density at radius 3 is 2.46 bits per heavy atom. The molecule has 0 aliphatic carbocycles. The van der Waals surface area contributed by atoms with E-state index >= 15 is 0 Å². The zero-order valence-corrected chi connectivity index (χ0v) is 13.4. The molecule has 6 nitrogen and oxygen atoms in total. The minimum Gasteiger partial charge on any atom is -0.334 e. The quantitative estimate of drug-likeness (QED) is 0.746. The molecule has 0 saturated carbocycles. The average Bonchev–Trinajstić information content (AvgIpc) is 3.15. The Balaban J connectivity index is 1.60. The van der Waals surface area contributed by atoms with Crippen LogP contribution in [0.1, 0.15) is 11.1 Å². The van der Waals surface area contributed by atoms with Crippen LogP contribution in [0.5, 0.6) is 0 Å². The predicted octanol–water partition coefficient (Wildman–Crippen LogP) is 3.61. The maximum Gasteiger partial charge on any atom is 0.416 e. The Kier molecular flexibility index (Phi) is 4.87. The van der Waals surface area contributed by atoms with Crippen LogP contribution in [0.2, 0.25) is 0 Å². The van der Waals surface area contributed by atoms with Gasteiger partial charge in [0.2, 0.25) is 0 Å². The third-order valence-electron chi connectivity index (χ3n) is 3.57. The highest BCUT2D eigenvalue weighted by Gasteiger charge is 2.32. The molecule has 3 rings (SSSR count). The molecule has 0 unspecified atom stereocenters. The van der Waals surface area contributed by atoms with E-state index in [0.29, 0.717) is 5.69 Å². The van der Waals surface area contributed by atoms with Gasteiger partial charge in [0, 0.05) is 12.2 Å². The number of rotatable bonds is 4. The third-order valence-corrected chi connectivity index (χ3v) is 3.57. The van der Waals surface area contributed by atoms with E-state index in [-0.39, 0.29) is 12.1 Å². The summed E-state index contributed by atoms with van der Waals surface area (Å²) in [5.41, 5.74) is 0.484. The zero-order chi connectivity index (χ0) is 18.6. The van der Waals surface area contributed by atoms with Crippen molar-refractivity contribution < 1.29 is 18.0 Å². The average molecular weight is 361 g/mol. The number of nitrogens with zero attached hydrogens (tertiary/aromatic N) is 3. The molecule has 0 atom stereocenters. The fourth-order valence-corrected chi connectivity index (χ4v) is 2.34. The topological polar surface area (TPSA) is 71.8 Å². The molecular formula is C17H14F3N5O. The second-order valence-corrected chi connectivity index (χ2v) is 5.35. The van der Waals surface area contributed by atoms with Gasteiger partial charge in [-0.3, -0.25) is 0 Å². The summed E-state index contributed by atoms with van der Waals surface area (Å²) in [6.07, 6.45) is -1.53. The van der Waals surface area contributed by atoms with Gasteiger partial charge in [-0.2, -0.15) is 18.3 Å². The summed E-state index contributed by atoms with van der Waals surface area (Å²) in [5.74, 6) is 0. The molecule has 0 saturated heterocycles. The Labute approximate surface area is 146 Å². The second kappa shape index (κ2) is 7.26. The molecule has 0 fully saturated rings. The molecule has 1 aromatic heterocycles. The van der Waals surface area contributed by atoms with E-state index in [4.69, 9.17) is 0 Å². The summed E-state index contributed by atoms with van der Waals surface area (Å²) < 4.78 is 40.4. The van der Waals surface area contributed by atoms with Crippen molar-refractivity contribution in [1.29, 1.82) is 0 Å². The Morgan fingerprint density at radius 1 is 1.08 bits per heavy atom. The third kappa shape index (κ3) is 4.18. The molecule has 0 radical (unpaired) electrons. The molecule has 134 valence electrons. The highest BCUT2D eigenvalue weighted by molar-refractivity contribution is 5.89. The number of nitrogens with one attached hydrogen (secondary N) is 2. The zero-order valence-electron chi connectivity index (χ0n) is 13.4.